The van der Waals surface area contributed by atoms with Crippen molar-refractivity contribution in [2.45, 2.75) is 11.8 Å². The van der Waals surface area contributed by atoms with Crippen LogP contribution in [0.4, 0.5) is 0 Å². The highest BCUT2D eigenvalue weighted by molar-refractivity contribution is 7.89. The first-order valence-corrected chi connectivity index (χ1v) is 6.84. The molecular formula is C11H13N3O4S. The Morgan fingerprint density at radius 2 is 2.26 bits per heavy atom. The van der Waals surface area contributed by atoms with E-state index in [4.69, 9.17) is 5.26 Å². The number of hydrogen-bond donors (Lipinski definition) is 0. The Morgan fingerprint density at radius 3 is 2.84 bits per heavy atom. The highest BCUT2D eigenvalue weighted by atomic mass is 32.2. The summed E-state index contributed by atoms with van der Waals surface area (Å²) in [4.78, 5) is 14.7. The van der Waals surface area contributed by atoms with Gasteiger partial charge < -0.3 is 4.74 Å². The zero-order chi connectivity index (χ0) is 14.5. The number of nitriles is 1. The van der Waals surface area contributed by atoms with Gasteiger partial charge in [-0.1, -0.05) is 0 Å². The number of carbonyl (C=O) groups excluding carboxylic acids is 1. The van der Waals surface area contributed by atoms with E-state index in [0.717, 1.165) is 4.31 Å². The molecule has 102 valence electrons. The quantitative estimate of drug-likeness (QED) is 0.712. The molecule has 0 radical (unpaired) electrons. The Kier molecular flexibility index (Phi) is 4.97. The van der Waals surface area contributed by atoms with E-state index in [1.54, 1.807) is 13.0 Å². The molecule has 19 heavy (non-hydrogen) atoms. The topological polar surface area (TPSA) is 100 Å². The zero-order valence-corrected chi connectivity index (χ0v) is 11.3. The normalized spacial score (nSPS) is 11.1. The first kappa shape index (κ1) is 15.1. The maximum absolute atomic E-state index is 12.2. The molecule has 0 aliphatic carbocycles. The van der Waals surface area contributed by atoms with E-state index in [2.05, 4.69) is 9.72 Å². The maximum Gasteiger partial charge on any atom is 0.321 e. The van der Waals surface area contributed by atoms with Crippen molar-refractivity contribution in [1.29, 1.82) is 5.26 Å². The molecule has 0 atom stereocenters. The second-order valence-corrected chi connectivity index (χ2v) is 5.54. The van der Waals surface area contributed by atoms with Crippen LogP contribution in [0, 0.1) is 11.3 Å². The van der Waals surface area contributed by atoms with Crippen molar-refractivity contribution in [3.8, 4) is 6.07 Å². The van der Waals surface area contributed by atoms with Crippen LogP contribution in [0.2, 0.25) is 0 Å². The van der Waals surface area contributed by atoms with E-state index >= 15 is 0 Å². The number of hydrogen-bond acceptors (Lipinski definition) is 6. The summed E-state index contributed by atoms with van der Waals surface area (Å²) in [6.07, 6.45) is 1.32. The van der Waals surface area contributed by atoms with Crippen LogP contribution in [-0.4, -0.2) is 43.9 Å². The van der Waals surface area contributed by atoms with Crippen molar-refractivity contribution in [3.05, 3.63) is 24.0 Å². The Bertz CT molecular complexity index is 607. The molecule has 0 spiro atoms. The molecule has 0 amide bonds. The van der Waals surface area contributed by atoms with Crippen molar-refractivity contribution in [1.82, 2.24) is 9.29 Å². The molecule has 1 aromatic heterocycles. The highest BCUT2D eigenvalue weighted by Crippen LogP contribution is 2.16. The van der Waals surface area contributed by atoms with Gasteiger partial charge in [0.1, 0.15) is 17.5 Å². The fourth-order valence-electron chi connectivity index (χ4n) is 1.32. The van der Waals surface area contributed by atoms with Crippen molar-refractivity contribution in [2.75, 3.05) is 20.2 Å². The van der Waals surface area contributed by atoms with Gasteiger partial charge in [-0.05, 0) is 19.1 Å². The van der Waals surface area contributed by atoms with Gasteiger partial charge in [0.15, 0.2) is 5.69 Å². The van der Waals surface area contributed by atoms with Crippen LogP contribution in [0.15, 0.2) is 23.2 Å². The molecule has 0 fully saturated rings. The number of esters is 1. The molecule has 0 saturated carbocycles. The second-order valence-electron chi connectivity index (χ2n) is 3.53. The number of carbonyl (C=O) groups is 1. The fraction of sp³-hybridized carbons (Fsp3) is 0.364. The zero-order valence-electron chi connectivity index (χ0n) is 10.5. The Balaban J connectivity index is 3.04. The lowest BCUT2D eigenvalue weighted by Gasteiger charge is -2.16. The van der Waals surface area contributed by atoms with Crippen LogP contribution in [0.3, 0.4) is 0 Å². The summed E-state index contributed by atoms with van der Waals surface area (Å²) < 4.78 is 29.9. The number of rotatable bonds is 5. The van der Waals surface area contributed by atoms with Crippen LogP contribution in [0.25, 0.3) is 0 Å². The maximum atomic E-state index is 12.2. The minimum atomic E-state index is -3.95. The first-order valence-electron chi connectivity index (χ1n) is 5.40. The molecule has 1 heterocycles. The summed E-state index contributed by atoms with van der Waals surface area (Å²) in [6, 6.07) is 4.38. The van der Waals surface area contributed by atoms with E-state index in [0.29, 0.717) is 0 Å². The van der Waals surface area contributed by atoms with Gasteiger partial charge in [-0.15, -0.1) is 0 Å². The summed E-state index contributed by atoms with van der Waals surface area (Å²) in [5, 5.41) is 8.84. The summed E-state index contributed by atoms with van der Waals surface area (Å²) >= 11 is 0. The van der Waals surface area contributed by atoms with Gasteiger partial charge in [0.05, 0.1) is 6.61 Å². The fourth-order valence-corrected chi connectivity index (χ4v) is 2.53. The molecule has 0 bridgehead atoms. The minimum Gasteiger partial charge on any atom is -0.465 e. The van der Waals surface area contributed by atoms with Crippen molar-refractivity contribution in [2.24, 2.45) is 0 Å². The average Bonchev–Trinajstić information content (AvgIpc) is 2.38. The van der Waals surface area contributed by atoms with E-state index in [1.165, 1.54) is 25.4 Å². The van der Waals surface area contributed by atoms with Crippen LogP contribution in [0.1, 0.15) is 12.6 Å². The molecule has 8 heteroatoms. The van der Waals surface area contributed by atoms with E-state index in [-0.39, 0.29) is 17.2 Å². The SMILES string of the molecule is CCOC(=O)CN(C)S(=O)(=O)c1cccnc1C#N. The molecule has 0 N–H and O–H groups in total. The molecule has 1 aromatic rings. The third-order valence-electron chi connectivity index (χ3n) is 2.22. The lowest BCUT2D eigenvalue weighted by Crippen LogP contribution is -2.33. The Hall–Kier alpha value is -1.98. The standard InChI is InChI=1S/C11H13N3O4S/c1-3-18-11(15)8-14(2)19(16,17)10-5-4-6-13-9(10)7-12/h4-6H,3,8H2,1-2H3. The number of ether oxygens (including phenoxy) is 1. The van der Waals surface area contributed by atoms with E-state index in [1.807, 2.05) is 0 Å². The van der Waals surface area contributed by atoms with Gasteiger partial charge in [-0.25, -0.2) is 13.4 Å². The monoisotopic (exact) mass is 283 g/mol. The third-order valence-corrected chi connectivity index (χ3v) is 4.06. The summed E-state index contributed by atoms with van der Waals surface area (Å²) in [7, 11) is -2.71. The first-order chi connectivity index (χ1) is 8.93. The van der Waals surface area contributed by atoms with E-state index in [9.17, 15) is 13.2 Å². The smallest absolute Gasteiger partial charge is 0.321 e. The van der Waals surface area contributed by atoms with Crippen LogP contribution in [0.5, 0.6) is 0 Å². The van der Waals surface area contributed by atoms with Crippen LogP contribution in [-0.2, 0) is 19.6 Å². The molecule has 1 rings (SSSR count). The molecule has 0 unspecified atom stereocenters. The van der Waals surface area contributed by atoms with Crippen molar-refractivity contribution < 1.29 is 17.9 Å². The number of sulfonamides is 1. The summed E-state index contributed by atoms with van der Waals surface area (Å²) in [5.74, 6) is -0.657. The van der Waals surface area contributed by atoms with Crippen molar-refractivity contribution >= 4 is 16.0 Å². The van der Waals surface area contributed by atoms with Crippen LogP contribution >= 0.6 is 0 Å². The number of likely N-dealkylation sites (N-methyl/N-ethyl adjacent to an activating group) is 1. The Morgan fingerprint density at radius 1 is 1.58 bits per heavy atom. The van der Waals surface area contributed by atoms with Gasteiger partial charge in [-0.2, -0.15) is 9.57 Å². The van der Waals surface area contributed by atoms with Gasteiger partial charge in [0, 0.05) is 13.2 Å². The molecule has 0 aliphatic rings. The number of aromatic nitrogens is 1. The number of pyridine rings is 1. The number of nitrogens with zero attached hydrogens (tertiary/aromatic N) is 3. The predicted octanol–water partition coefficient (Wildman–Crippen LogP) is 0.137. The van der Waals surface area contributed by atoms with E-state index < -0.39 is 22.5 Å². The van der Waals surface area contributed by atoms with Gasteiger partial charge >= 0.3 is 5.97 Å². The largest absolute Gasteiger partial charge is 0.465 e. The minimum absolute atomic E-state index is 0.170. The predicted molar refractivity (Wildman–Crippen MR) is 65.4 cm³/mol. The highest BCUT2D eigenvalue weighted by Gasteiger charge is 2.26. The lowest BCUT2D eigenvalue weighted by molar-refractivity contribution is -0.143. The second kappa shape index (κ2) is 6.26. The molecule has 7 nitrogen and oxygen atoms in total. The Labute approximate surface area is 111 Å². The molecule has 0 aromatic carbocycles. The van der Waals surface area contributed by atoms with Gasteiger partial charge in [-0.3, -0.25) is 4.79 Å². The molecule has 0 aliphatic heterocycles. The van der Waals surface area contributed by atoms with Gasteiger partial charge in [0.2, 0.25) is 10.0 Å². The summed E-state index contributed by atoms with van der Waals surface area (Å²) in [6.45, 7) is 1.38. The van der Waals surface area contributed by atoms with Crippen LogP contribution < -0.4 is 0 Å². The third kappa shape index (κ3) is 3.49. The molecule has 0 saturated heterocycles. The van der Waals surface area contributed by atoms with Crippen molar-refractivity contribution in [3.63, 3.8) is 0 Å². The lowest BCUT2D eigenvalue weighted by atomic mass is 10.4. The average molecular weight is 283 g/mol. The van der Waals surface area contributed by atoms with Gasteiger partial charge in [0.25, 0.3) is 0 Å². The molecular weight excluding hydrogens is 270 g/mol. The summed E-state index contributed by atoms with van der Waals surface area (Å²) in [5.41, 5.74) is -0.210.